The molecule has 7 heteroatoms. The van der Waals surface area contributed by atoms with Crippen molar-refractivity contribution in [2.75, 3.05) is 5.75 Å². The van der Waals surface area contributed by atoms with Crippen molar-refractivity contribution in [2.24, 2.45) is 0 Å². The highest BCUT2D eigenvalue weighted by Crippen LogP contribution is 2.38. The van der Waals surface area contributed by atoms with E-state index < -0.39 is 10.0 Å². The lowest BCUT2D eigenvalue weighted by molar-refractivity contribution is 0.104. The maximum absolute atomic E-state index is 13.2. The number of carbonyl (C=O) groups excluding carboxylic acids is 1. The number of benzene rings is 2. The van der Waals surface area contributed by atoms with Crippen LogP contribution < -0.4 is 10.3 Å². The number of hydrogen-bond donors (Lipinski definition) is 1. The van der Waals surface area contributed by atoms with Gasteiger partial charge in [-0.05, 0) is 12.5 Å². The molecule has 0 aliphatic heterocycles. The topological polar surface area (TPSA) is 85.2 Å². The molecule has 172 valence electrons. The Morgan fingerprint density at radius 1 is 0.844 bits per heavy atom. The molecular formula is C25H32N2O4S. The Bertz CT molecular complexity index is 1260. The van der Waals surface area contributed by atoms with Crippen molar-refractivity contribution in [1.29, 1.82) is 0 Å². The first-order valence-corrected chi connectivity index (χ1v) is 12.9. The van der Waals surface area contributed by atoms with Gasteiger partial charge in [-0.1, -0.05) is 83.5 Å². The van der Waals surface area contributed by atoms with Gasteiger partial charge in [0.15, 0.2) is 5.78 Å². The van der Waals surface area contributed by atoms with Crippen LogP contribution in [0.25, 0.3) is 22.0 Å². The molecule has 0 unspecified atom stereocenters. The minimum absolute atomic E-state index is 0.00351. The second kappa shape index (κ2) is 11.2. The fraction of sp³-hybridized carbons (Fsp3) is 0.360. The van der Waals surface area contributed by atoms with E-state index in [9.17, 15) is 18.0 Å². The van der Waals surface area contributed by atoms with E-state index in [4.69, 9.17) is 0 Å². The summed E-state index contributed by atoms with van der Waals surface area (Å²) in [7, 11) is -3.51. The summed E-state index contributed by atoms with van der Waals surface area (Å²) in [4.78, 5) is 26.2. The van der Waals surface area contributed by atoms with Crippen LogP contribution in [-0.2, 0) is 16.7 Å². The molecular weight excluding hydrogens is 424 g/mol. The van der Waals surface area contributed by atoms with Crippen molar-refractivity contribution >= 4 is 26.6 Å². The predicted molar refractivity (Wildman–Crippen MR) is 132 cm³/mol. The van der Waals surface area contributed by atoms with Crippen molar-refractivity contribution in [3.05, 3.63) is 70.0 Å². The molecule has 3 aromatic rings. The van der Waals surface area contributed by atoms with Gasteiger partial charge in [0, 0.05) is 21.9 Å². The summed E-state index contributed by atoms with van der Waals surface area (Å²) in [5, 5.41) is 0.990. The number of aromatic nitrogens is 1. The first-order valence-electron chi connectivity index (χ1n) is 11.2. The first-order chi connectivity index (χ1) is 15.4. The van der Waals surface area contributed by atoms with Crippen LogP contribution >= 0.6 is 0 Å². The molecule has 1 aliphatic carbocycles. The van der Waals surface area contributed by atoms with Crippen LogP contribution in [0.15, 0.2) is 53.3 Å². The summed E-state index contributed by atoms with van der Waals surface area (Å²) in [6.45, 7) is 9.71. The van der Waals surface area contributed by atoms with Gasteiger partial charge in [0.1, 0.15) is 0 Å². The third-order valence-corrected chi connectivity index (χ3v) is 6.44. The molecule has 0 spiro atoms. The zero-order chi connectivity index (χ0) is 23.9. The van der Waals surface area contributed by atoms with Crippen molar-refractivity contribution < 1.29 is 13.2 Å². The molecule has 0 amide bonds. The van der Waals surface area contributed by atoms with Crippen molar-refractivity contribution in [3.63, 3.8) is 0 Å². The molecule has 2 aromatic carbocycles. The van der Waals surface area contributed by atoms with Crippen LogP contribution in [0.1, 0.15) is 63.4 Å². The van der Waals surface area contributed by atoms with Gasteiger partial charge in [-0.3, -0.25) is 14.2 Å². The average Bonchev–Trinajstić information content (AvgIpc) is 3.13. The highest BCUT2D eigenvalue weighted by molar-refractivity contribution is 7.89. The number of pyridine rings is 1. The normalized spacial score (nSPS) is 11.7. The Morgan fingerprint density at radius 2 is 1.41 bits per heavy atom. The number of fused-ring (bicyclic) bond motifs is 5. The monoisotopic (exact) mass is 456 g/mol. The highest BCUT2D eigenvalue weighted by Gasteiger charge is 2.32. The number of hydrogen-bond acceptors (Lipinski definition) is 4. The molecule has 1 heterocycles. The van der Waals surface area contributed by atoms with Gasteiger partial charge in [0.25, 0.3) is 5.56 Å². The number of carbonyl (C=O) groups is 1. The van der Waals surface area contributed by atoms with E-state index >= 15 is 0 Å². The van der Waals surface area contributed by atoms with Gasteiger partial charge < -0.3 is 0 Å². The van der Waals surface area contributed by atoms with E-state index in [2.05, 4.69) is 4.72 Å². The summed E-state index contributed by atoms with van der Waals surface area (Å²) >= 11 is 0. The fourth-order valence-corrected chi connectivity index (χ4v) is 4.79. The maximum atomic E-state index is 13.2. The molecule has 1 N–H and O–H groups in total. The lowest BCUT2D eigenvalue weighted by atomic mass is 10.0. The number of ketones is 1. The van der Waals surface area contributed by atoms with Crippen LogP contribution in [0, 0.1) is 0 Å². The van der Waals surface area contributed by atoms with Crippen LogP contribution in [0.4, 0.5) is 0 Å². The Hall–Kier alpha value is -2.77. The fourth-order valence-electron chi connectivity index (χ4n) is 3.65. The largest absolute Gasteiger partial charge is 0.293 e. The highest BCUT2D eigenvalue weighted by atomic mass is 32.2. The Labute approximate surface area is 190 Å². The molecule has 0 radical (unpaired) electrons. The van der Waals surface area contributed by atoms with E-state index in [1.165, 1.54) is 4.57 Å². The minimum atomic E-state index is -3.51. The molecule has 1 aliphatic rings. The van der Waals surface area contributed by atoms with Gasteiger partial charge in [-0.2, -0.15) is 4.72 Å². The quantitative estimate of drug-likeness (QED) is 0.445. The van der Waals surface area contributed by atoms with Gasteiger partial charge in [0.2, 0.25) is 10.0 Å². The smallest absolute Gasteiger partial charge is 0.260 e. The van der Waals surface area contributed by atoms with E-state index in [1.54, 1.807) is 48.5 Å². The molecule has 0 atom stereocenters. The third kappa shape index (κ3) is 4.84. The maximum Gasteiger partial charge on any atom is 0.260 e. The summed E-state index contributed by atoms with van der Waals surface area (Å²) in [6, 6.07) is 14.0. The number of nitrogens with zero attached hydrogens (tertiary/aromatic N) is 1. The van der Waals surface area contributed by atoms with Crippen LogP contribution in [0.2, 0.25) is 0 Å². The van der Waals surface area contributed by atoms with Crippen LogP contribution in [-0.4, -0.2) is 24.5 Å². The predicted octanol–water partition coefficient (Wildman–Crippen LogP) is 4.94. The zero-order valence-corrected chi connectivity index (χ0v) is 20.3. The van der Waals surface area contributed by atoms with E-state index in [-0.39, 0.29) is 23.8 Å². The molecule has 1 aromatic heterocycles. The summed E-state index contributed by atoms with van der Waals surface area (Å²) in [5.41, 5.74) is 1.78. The molecule has 0 bridgehead atoms. The van der Waals surface area contributed by atoms with Crippen molar-refractivity contribution in [1.82, 2.24) is 9.29 Å². The van der Waals surface area contributed by atoms with E-state index in [0.717, 1.165) is 6.42 Å². The van der Waals surface area contributed by atoms with Gasteiger partial charge in [0.05, 0.1) is 23.7 Å². The van der Waals surface area contributed by atoms with Gasteiger partial charge >= 0.3 is 0 Å². The molecule has 6 nitrogen and oxygen atoms in total. The first kappa shape index (κ1) is 25.5. The number of sulfonamides is 1. The second-order valence-corrected chi connectivity index (χ2v) is 8.78. The summed E-state index contributed by atoms with van der Waals surface area (Å²) in [6.07, 6.45) is 1.30. The van der Waals surface area contributed by atoms with Gasteiger partial charge in [-0.25, -0.2) is 8.42 Å². The Balaban J connectivity index is 0.000000860. The molecule has 32 heavy (non-hydrogen) atoms. The van der Waals surface area contributed by atoms with Crippen LogP contribution in [0.5, 0.6) is 0 Å². The molecule has 0 saturated heterocycles. The number of unbranched alkanes of at least 4 members (excludes halogenated alkanes) is 1. The SMILES string of the molecule is CC.CC.CCCCS(=O)(=O)NCn1c2c(c3ccccc3c1=O)C(=O)c1ccccc1-2. The van der Waals surface area contributed by atoms with Crippen molar-refractivity contribution in [2.45, 2.75) is 54.1 Å². The zero-order valence-electron chi connectivity index (χ0n) is 19.4. The van der Waals surface area contributed by atoms with Gasteiger partial charge in [-0.15, -0.1) is 0 Å². The van der Waals surface area contributed by atoms with E-state index in [0.29, 0.717) is 39.6 Å². The summed E-state index contributed by atoms with van der Waals surface area (Å²) in [5.74, 6) is -0.145. The number of nitrogens with one attached hydrogen (secondary N) is 1. The van der Waals surface area contributed by atoms with E-state index in [1.807, 2.05) is 34.6 Å². The molecule has 4 rings (SSSR count). The third-order valence-electron chi connectivity index (χ3n) is 5.04. The minimum Gasteiger partial charge on any atom is -0.293 e. The lowest BCUT2D eigenvalue weighted by Gasteiger charge is -2.15. The lowest BCUT2D eigenvalue weighted by Crippen LogP contribution is -2.34. The average molecular weight is 457 g/mol. The molecule has 0 fully saturated rings. The van der Waals surface area contributed by atoms with Crippen LogP contribution in [0.3, 0.4) is 0 Å². The molecule has 0 saturated carbocycles. The standard InChI is InChI=1S/C21H20N2O4S.2C2H6/c1-2-3-12-28(26,27)22-13-23-19-15-9-5-6-10-16(15)20(24)18(19)14-8-4-7-11-17(14)21(23)25;2*1-2/h4-11,22H,2-3,12-13H2,1H3;2*1-2H3. The Morgan fingerprint density at radius 3 is 2.03 bits per heavy atom. The Kier molecular flexibility index (Phi) is 8.92. The van der Waals surface area contributed by atoms with Crippen molar-refractivity contribution in [3.8, 4) is 11.3 Å². The summed E-state index contributed by atoms with van der Waals surface area (Å²) < 4.78 is 28.4. The second-order valence-electron chi connectivity index (χ2n) is 6.85. The number of rotatable bonds is 6.